The summed E-state index contributed by atoms with van der Waals surface area (Å²) in [7, 11) is -1.11. The van der Waals surface area contributed by atoms with Crippen molar-refractivity contribution in [1.29, 1.82) is 0 Å². The van der Waals surface area contributed by atoms with E-state index < -0.39 is 21.4 Å². The van der Waals surface area contributed by atoms with Crippen LogP contribution in [-0.4, -0.2) is 37.2 Å². The summed E-state index contributed by atoms with van der Waals surface area (Å²) in [5.74, 6) is -0.236. The Labute approximate surface area is 202 Å². The summed E-state index contributed by atoms with van der Waals surface area (Å²) in [6.07, 6.45) is 1.23. The molecule has 0 spiro atoms. The molecule has 2 aromatic carbocycles. The highest BCUT2D eigenvalue weighted by molar-refractivity contribution is 9.10. The number of methoxy groups -OCH3 is 2. The van der Waals surface area contributed by atoms with Gasteiger partial charge in [-0.2, -0.15) is 0 Å². The SMILES string of the molecule is COCc1cc(NS(=O)(=O)c2ccc3c(ccc(=O)n3-c3cc(F)c(Br)cc3OC)c2)ncn1. The minimum Gasteiger partial charge on any atom is -0.495 e. The van der Waals surface area contributed by atoms with E-state index in [0.717, 1.165) is 0 Å². The summed E-state index contributed by atoms with van der Waals surface area (Å²) >= 11 is 3.10. The lowest BCUT2D eigenvalue weighted by Gasteiger charge is -2.15. The molecule has 0 fully saturated rings. The molecule has 4 aromatic rings. The van der Waals surface area contributed by atoms with Crippen LogP contribution in [0.5, 0.6) is 5.75 Å². The van der Waals surface area contributed by atoms with E-state index in [1.807, 2.05) is 0 Å². The summed E-state index contributed by atoms with van der Waals surface area (Å²) < 4.78 is 54.4. The molecule has 0 radical (unpaired) electrons. The van der Waals surface area contributed by atoms with Gasteiger partial charge in [0.2, 0.25) is 0 Å². The fraction of sp³-hybridized carbons (Fsp3) is 0.136. The molecule has 0 bridgehead atoms. The number of fused-ring (bicyclic) bond motifs is 1. The van der Waals surface area contributed by atoms with Crippen molar-refractivity contribution in [2.75, 3.05) is 18.9 Å². The lowest BCUT2D eigenvalue weighted by molar-refractivity contribution is 0.181. The number of rotatable bonds is 7. The van der Waals surface area contributed by atoms with Crippen molar-refractivity contribution in [3.63, 3.8) is 0 Å². The van der Waals surface area contributed by atoms with Gasteiger partial charge in [0, 0.05) is 30.7 Å². The van der Waals surface area contributed by atoms with Gasteiger partial charge in [0.25, 0.3) is 15.6 Å². The number of aromatic nitrogens is 3. The zero-order chi connectivity index (χ0) is 24.5. The number of halogens is 2. The molecule has 0 unspecified atom stereocenters. The van der Waals surface area contributed by atoms with Crippen LogP contribution < -0.4 is 15.0 Å². The number of hydrogen-bond donors (Lipinski definition) is 1. The van der Waals surface area contributed by atoms with Gasteiger partial charge in [-0.25, -0.2) is 22.8 Å². The molecule has 0 aliphatic rings. The van der Waals surface area contributed by atoms with Crippen LogP contribution in [0.15, 0.2) is 69.0 Å². The van der Waals surface area contributed by atoms with Gasteiger partial charge in [-0.1, -0.05) is 0 Å². The van der Waals surface area contributed by atoms with Crippen molar-refractivity contribution < 1.29 is 22.3 Å². The number of sulfonamides is 1. The van der Waals surface area contributed by atoms with Crippen LogP contribution >= 0.6 is 15.9 Å². The minimum atomic E-state index is -4.01. The quantitative estimate of drug-likeness (QED) is 0.375. The monoisotopic (exact) mass is 548 g/mol. The van der Waals surface area contributed by atoms with Gasteiger partial charge in [-0.15, -0.1) is 0 Å². The number of benzene rings is 2. The Morgan fingerprint density at radius 3 is 2.62 bits per heavy atom. The third-order valence-electron chi connectivity index (χ3n) is 4.89. The summed E-state index contributed by atoms with van der Waals surface area (Å²) in [6.45, 7) is 0.199. The van der Waals surface area contributed by atoms with Crippen LogP contribution in [-0.2, 0) is 21.4 Å². The molecule has 2 heterocycles. The first-order chi connectivity index (χ1) is 16.2. The lowest BCUT2D eigenvalue weighted by Crippen LogP contribution is -2.19. The maximum atomic E-state index is 14.3. The molecule has 2 aromatic heterocycles. The molecule has 12 heteroatoms. The Morgan fingerprint density at radius 2 is 1.88 bits per heavy atom. The van der Waals surface area contributed by atoms with Crippen LogP contribution in [0, 0.1) is 5.82 Å². The highest BCUT2D eigenvalue weighted by Crippen LogP contribution is 2.31. The molecule has 1 N–H and O–H groups in total. The van der Waals surface area contributed by atoms with Crippen molar-refractivity contribution in [3.05, 3.63) is 81.2 Å². The van der Waals surface area contributed by atoms with Gasteiger partial charge in [-0.05, 0) is 46.3 Å². The van der Waals surface area contributed by atoms with Gasteiger partial charge >= 0.3 is 0 Å². The topological polar surface area (TPSA) is 112 Å². The summed E-state index contributed by atoms with van der Waals surface area (Å²) in [4.78, 5) is 20.6. The molecule has 9 nitrogen and oxygen atoms in total. The van der Waals surface area contributed by atoms with E-state index in [1.165, 1.54) is 73.6 Å². The maximum absolute atomic E-state index is 14.3. The fourth-order valence-corrected chi connectivity index (χ4v) is 4.73. The number of ether oxygens (including phenoxy) is 2. The molecule has 0 aliphatic heterocycles. The molecule has 0 atom stereocenters. The molecule has 0 amide bonds. The zero-order valence-electron chi connectivity index (χ0n) is 18.0. The zero-order valence-corrected chi connectivity index (χ0v) is 20.4. The molecular weight excluding hydrogens is 531 g/mol. The van der Waals surface area contributed by atoms with Crippen molar-refractivity contribution in [2.24, 2.45) is 0 Å². The van der Waals surface area contributed by atoms with Crippen LogP contribution in [0.25, 0.3) is 16.6 Å². The molecule has 0 saturated carbocycles. The average Bonchev–Trinajstić information content (AvgIpc) is 2.80. The number of hydrogen-bond acceptors (Lipinski definition) is 7. The van der Waals surface area contributed by atoms with Crippen LogP contribution in [0.1, 0.15) is 5.69 Å². The van der Waals surface area contributed by atoms with E-state index in [2.05, 4.69) is 30.6 Å². The molecule has 34 heavy (non-hydrogen) atoms. The second kappa shape index (κ2) is 9.49. The normalized spacial score (nSPS) is 11.5. The highest BCUT2D eigenvalue weighted by Gasteiger charge is 2.19. The number of pyridine rings is 1. The fourth-order valence-electron chi connectivity index (χ4n) is 3.37. The van der Waals surface area contributed by atoms with E-state index in [-0.39, 0.29) is 33.2 Å². The third-order valence-corrected chi connectivity index (χ3v) is 6.85. The first kappa shape index (κ1) is 23.8. The van der Waals surface area contributed by atoms with Crippen molar-refractivity contribution in [2.45, 2.75) is 11.5 Å². The summed E-state index contributed by atoms with van der Waals surface area (Å²) in [5.41, 5.74) is 0.622. The average molecular weight is 549 g/mol. The minimum absolute atomic E-state index is 0.0499. The summed E-state index contributed by atoms with van der Waals surface area (Å²) in [5, 5.41) is 0.440. The smallest absolute Gasteiger partial charge is 0.263 e. The number of nitrogens with one attached hydrogen (secondary N) is 1. The van der Waals surface area contributed by atoms with Crippen LogP contribution in [0.4, 0.5) is 10.2 Å². The molecule has 4 rings (SSSR count). The Hall–Kier alpha value is -3.35. The van der Waals surface area contributed by atoms with Crippen LogP contribution in [0.2, 0.25) is 0 Å². The van der Waals surface area contributed by atoms with Crippen molar-refractivity contribution >= 4 is 42.7 Å². The van der Waals surface area contributed by atoms with E-state index in [9.17, 15) is 17.6 Å². The van der Waals surface area contributed by atoms with Gasteiger partial charge < -0.3 is 9.47 Å². The Kier molecular flexibility index (Phi) is 6.64. The van der Waals surface area contributed by atoms with Gasteiger partial charge in [0.1, 0.15) is 23.7 Å². The Morgan fingerprint density at radius 1 is 1.09 bits per heavy atom. The third kappa shape index (κ3) is 4.65. The Bertz CT molecular complexity index is 1560. The Balaban J connectivity index is 1.80. The second-order valence-electron chi connectivity index (χ2n) is 7.10. The first-order valence-corrected chi connectivity index (χ1v) is 12.0. The predicted molar refractivity (Wildman–Crippen MR) is 127 cm³/mol. The standard InChI is InChI=1S/C22H18BrFN4O5S/c1-32-11-14-8-21(26-12-25-14)27-34(30,31)15-4-5-18-13(7-15)3-6-22(29)28(18)19-10-17(24)16(23)9-20(19)33-2/h3-10,12H,11H2,1-2H3,(H,25,26,27). The van der Waals surface area contributed by atoms with Crippen molar-refractivity contribution in [1.82, 2.24) is 14.5 Å². The molecular formula is C22H18BrFN4O5S. The highest BCUT2D eigenvalue weighted by atomic mass is 79.9. The van der Waals surface area contributed by atoms with Crippen molar-refractivity contribution in [3.8, 4) is 11.4 Å². The van der Waals surface area contributed by atoms with E-state index >= 15 is 0 Å². The largest absolute Gasteiger partial charge is 0.495 e. The number of anilines is 1. The maximum Gasteiger partial charge on any atom is 0.263 e. The van der Waals surface area contributed by atoms with E-state index in [4.69, 9.17) is 9.47 Å². The van der Waals surface area contributed by atoms with Crippen LogP contribution in [0.3, 0.4) is 0 Å². The molecule has 0 aliphatic carbocycles. The molecule has 0 saturated heterocycles. The van der Waals surface area contributed by atoms with Gasteiger partial charge in [0.15, 0.2) is 0 Å². The van der Waals surface area contributed by atoms with E-state index in [1.54, 1.807) is 0 Å². The molecule has 176 valence electrons. The lowest BCUT2D eigenvalue weighted by atomic mass is 10.2. The number of nitrogens with zero attached hydrogens (tertiary/aromatic N) is 3. The van der Waals surface area contributed by atoms with Gasteiger partial charge in [0.05, 0.1) is 40.0 Å². The first-order valence-electron chi connectivity index (χ1n) is 9.75. The van der Waals surface area contributed by atoms with Gasteiger partial charge in [-0.3, -0.25) is 14.1 Å². The summed E-state index contributed by atoms with van der Waals surface area (Å²) in [6, 6.07) is 11.0. The van der Waals surface area contributed by atoms with E-state index in [0.29, 0.717) is 16.6 Å². The second-order valence-corrected chi connectivity index (χ2v) is 9.64. The predicted octanol–water partition coefficient (Wildman–Crippen LogP) is 3.64.